The van der Waals surface area contributed by atoms with E-state index in [9.17, 15) is 4.79 Å². The molecular weight excluding hydrogens is 238 g/mol. The van der Waals surface area contributed by atoms with Crippen molar-refractivity contribution in [3.05, 3.63) is 52.7 Å². The number of fused-ring (bicyclic) bond motifs is 1. The van der Waals surface area contributed by atoms with E-state index in [0.29, 0.717) is 11.3 Å². The average molecular weight is 255 g/mol. The molecule has 0 aromatic carbocycles. The molecule has 0 fully saturated rings. The van der Waals surface area contributed by atoms with Gasteiger partial charge >= 0.3 is 0 Å². The van der Waals surface area contributed by atoms with E-state index in [-0.39, 0.29) is 11.7 Å². The number of hydrogen-bond acceptors (Lipinski definition) is 3. The SMILES string of the molecule is Cc1cc(C(=O)C2CCCc3cccnc32)c(C)o1. The quantitative estimate of drug-likeness (QED) is 0.770. The summed E-state index contributed by atoms with van der Waals surface area (Å²) in [5.41, 5.74) is 2.88. The normalized spacial score (nSPS) is 18.1. The highest BCUT2D eigenvalue weighted by Crippen LogP contribution is 2.33. The molecule has 2 aromatic heterocycles. The Balaban J connectivity index is 2.00. The van der Waals surface area contributed by atoms with Crippen LogP contribution in [0.2, 0.25) is 0 Å². The maximum absolute atomic E-state index is 12.7. The van der Waals surface area contributed by atoms with E-state index in [1.807, 2.05) is 26.0 Å². The number of carbonyl (C=O) groups is 1. The maximum Gasteiger partial charge on any atom is 0.175 e. The zero-order valence-electron chi connectivity index (χ0n) is 11.3. The summed E-state index contributed by atoms with van der Waals surface area (Å²) < 4.78 is 5.47. The van der Waals surface area contributed by atoms with E-state index in [1.54, 1.807) is 6.20 Å². The van der Waals surface area contributed by atoms with Gasteiger partial charge in [-0.3, -0.25) is 9.78 Å². The van der Waals surface area contributed by atoms with Crippen molar-refractivity contribution >= 4 is 5.78 Å². The van der Waals surface area contributed by atoms with E-state index in [4.69, 9.17) is 4.42 Å². The van der Waals surface area contributed by atoms with Crippen LogP contribution in [-0.4, -0.2) is 10.8 Å². The molecule has 0 amide bonds. The van der Waals surface area contributed by atoms with Gasteiger partial charge in [0, 0.05) is 6.20 Å². The molecule has 3 nitrogen and oxygen atoms in total. The van der Waals surface area contributed by atoms with Crippen LogP contribution in [0.4, 0.5) is 0 Å². The molecule has 0 saturated carbocycles. The van der Waals surface area contributed by atoms with Crippen LogP contribution in [0.1, 0.15) is 51.9 Å². The Hall–Kier alpha value is -1.90. The highest BCUT2D eigenvalue weighted by Gasteiger charge is 2.30. The molecular formula is C16H17NO2. The zero-order valence-corrected chi connectivity index (χ0v) is 11.3. The van der Waals surface area contributed by atoms with Gasteiger partial charge in [0.1, 0.15) is 11.5 Å². The van der Waals surface area contributed by atoms with E-state index >= 15 is 0 Å². The number of aryl methyl sites for hydroxylation is 3. The van der Waals surface area contributed by atoms with Crippen LogP contribution in [0.5, 0.6) is 0 Å². The van der Waals surface area contributed by atoms with Crippen LogP contribution in [0.15, 0.2) is 28.8 Å². The summed E-state index contributed by atoms with van der Waals surface area (Å²) in [4.78, 5) is 17.1. The minimum atomic E-state index is -0.111. The Kier molecular flexibility index (Phi) is 2.97. The fourth-order valence-corrected chi connectivity index (χ4v) is 2.93. The Bertz CT molecular complexity index is 627. The summed E-state index contributed by atoms with van der Waals surface area (Å²) >= 11 is 0. The molecule has 0 aliphatic heterocycles. The molecule has 1 atom stereocenters. The Morgan fingerprint density at radius 2 is 2.26 bits per heavy atom. The topological polar surface area (TPSA) is 43.1 Å². The second-order valence-electron chi connectivity index (χ2n) is 5.18. The van der Waals surface area contributed by atoms with Crippen molar-refractivity contribution in [1.82, 2.24) is 4.98 Å². The molecule has 98 valence electrons. The number of Topliss-reactive ketones (excluding diaryl/α,β-unsaturated/α-hetero) is 1. The van der Waals surface area contributed by atoms with Gasteiger partial charge in [-0.1, -0.05) is 6.07 Å². The summed E-state index contributed by atoms with van der Waals surface area (Å²) in [7, 11) is 0. The van der Waals surface area contributed by atoms with Gasteiger partial charge in [-0.15, -0.1) is 0 Å². The van der Waals surface area contributed by atoms with E-state index in [2.05, 4.69) is 11.1 Å². The first-order valence-corrected chi connectivity index (χ1v) is 6.72. The lowest BCUT2D eigenvalue weighted by molar-refractivity contribution is 0.0947. The van der Waals surface area contributed by atoms with Gasteiger partial charge in [0.15, 0.2) is 5.78 Å². The average Bonchev–Trinajstić information content (AvgIpc) is 2.76. The van der Waals surface area contributed by atoms with Crippen LogP contribution in [0.3, 0.4) is 0 Å². The predicted molar refractivity (Wildman–Crippen MR) is 72.4 cm³/mol. The van der Waals surface area contributed by atoms with Gasteiger partial charge in [-0.25, -0.2) is 0 Å². The number of aromatic nitrogens is 1. The third-order valence-corrected chi connectivity index (χ3v) is 3.82. The molecule has 2 aromatic rings. The highest BCUT2D eigenvalue weighted by molar-refractivity contribution is 6.01. The lowest BCUT2D eigenvalue weighted by Crippen LogP contribution is -2.20. The van der Waals surface area contributed by atoms with Gasteiger partial charge in [-0.05, 0) is 50.8 Å². The summed E-state index contributed by atoms with van der Waals surface area (Å²) in [6.07, 6.45) is 4.73. The van der Waals surface area contributed by atoms with Crippen LogP contribution >= 0.6 is 0 Å². The number of rotatable bonds is 2. The molecule has 0 radical (unpaired) electrons. The number of nitrogens with zero attached hydrogens (tertiary/aromatic N) is 1. The first kappa shape index (κ1) is 12.2. The Labute approximate surface area is 112 Å². The fourth-order valence-electron chi connectivity index (χ4n) is 2.93. The Morgan fingerprint density at radius 1 is 1.42 bits per heavy atom. The lowest BCUT2D eigenvalue weighted by Gasteiger charge is -2.22. The second kappa shape index (κ2) is 4.65. The van der Waals surface area contributed by atoms with Crippen LogP contribution in [0.25, 0.3) is 0 Å². The van der Waals surface area contributed by atoms with Crippen LogP contribution in [-0.2, 0) is 6.42 Å². The van der Waals surface area contributed by atoms with Crippen molar-refractivity contribution in [2.45, 2.75) is 39.0 Å². The summed E-state index contributed by atoms with van der Waals surface area (Å²) in [6.45, 7) is 3.72. The van der Waals surface area contributed by atoms with Gasteiger partial charge < -0.3 is 4.42 Å². The van der Waals surface area contributed by atoms with E-state index in [0.717, 1.165) is 30.7 Å². The first-order valence-electron chi connectivity index (χ1n) is 6.72. The van der Waals surface area contributed by atoms with Crippen molar-refractivity contribution in [1.29, 1.82) is 0 Å². The number of hydrogen-bond donors (Lipinski definition) is 0. The molecule has 1 aliphatic carbocycles. The fraction of sp³-hybridized carbons (Fsp3) is 0.375. The molecule has 0 N–H and O–H groups in total. The van der Waals surface area contributed by atoms with Gasteiger partial charge in [0.2, 0.25) is 0 Å². The van der Waals surface area contributed by atoms with Gasteiger partial charge in [-0.2, -0.15) is 0 Å². The van der Waals surface area contributed by atoms with Crippen LogP contribution in [0, 0.1) is 13.8 Å². The van der Waals surface area contributed by atoms with E-state index in [1.165, 1.54) is 5.56 Å². The zero-order chi connectivity index (χ0) is 13.4. The number of furan rings is 1. The molecule has 0 bridgehead atoms. The highest BCUT2D eigenvalue weighted by atomic mass is 16.3. The number of ketones is 1. The summed E-state index contributed by atoms with van der Waals surface area (Å²) in [6, 6.07) is 5.86. The molecule has 19 heavy (non-hydrogen) atoms. The number of pyridine rings is 1. The molecule has 3 heteroatoms. The third kappa shape index (κ3) is 2.09. The van der Waals surface area contributed by atoms with E-state index < -0.39 is 0 Å². The number of carbonyl (C=O) groups excluding carboxylic acids is 1. The molecule has 0 spiro atoms. The van der Waals surface area contributed by atoms with Crippen molar-refractivity contribution in [2.75, 3.05) is 0 Å². The second-order valence-corrected chi connectivity index (χ2v) is 5.18. The van der Waals surface area contributed by atoms with Gasteiger partial charge in [0.05, 0.1) is 17.2 Å². The molecule has 1 unspecified atom stereocenters. The largest absolute Gasteiger partial charge is 0.466 e. The third-order valence-electron chi connectivity index (χ3n) is 3.82. The molecule has 0 saturated heterocycles. The maximum atomic E-state index is 12.7. The predicted octanol–water partition coefficient (Wildman–Crippen LogP) is 3.59. The standard InChI is InChI=1S/C16H17NO2/c1-10-9-14(11(2)19-10)16(18)13-7-3-5-12-6-4-8-17-15(12)13/h4,6,8-9,13H,3,5,7H2,1-2H3. The van der Waals surface area contributed by atoms with Crippen molar-refractivity contribution < 1.29 is 9.21 Å². The molecule has 2 heterocycles. The summed E-state index contributed by atoms with van der Waals surface area (Å²) in [5.74, 6) is 1.54. The van der Waals surface area contributed by atoms with Crippen molar-refractivity contribution in [3.8, 4) is 0 Å². The van der Waals surface area contributed by atoms with Crippen LogP contribution < -0.4 is 0 Å². The summed E-state index contributed by atoms with van der Waals surface area (Å²) in [5, 5.41) is 0. The van der Waals surface area contributed by atoms with Crippen molar-refractivity contribution in [3.63, 3.8) is 0 Å². The molecule has 1 aliphatic rings. The van der Waals surface area contributed by atoms with Gasteiger partial charge in [0.25, 0.3) is 0 Å². The van der Waals surface area contributed by atoms with Crippen molar-refractivity contribution in [2.24, 2.45) is 0 Å². The monoisotopic (exact) mass is 255 g/mol. The minimum Gasteiger partial charge on any atom is -0.466 e. The lowest BCUT2D eigenvalue weighted by atomic mass is 9.82. The smallest absolute Gasteiger partial charge is 0.175 e. The Morgan fingerprint density at radius 3 is 3.00 bits per heavy atom. The first-order chi connectivity index (χ1) is 9.16. The minimum absolute atomic E-state index is 0.111. The molecule has 3 rings (SSSR count).